The lowest BCUT2D eigenvalue weighted by Crippen LogP contribution is -2.30. The zero-order valence-electron chi connectivity index (χ0n) is 7.84. The van der Waals surface area contributed by atoms with Gasteiger partial charge in [-0.2, -0.15) is 0 Å². The van der Waals surface area contributed by atoms with Gasteiger partial charge in [0.15, 0.2) is 0 Å². The molecule has 2 rings (SSSR count). The van der Waals surface area contributed by atoms with E-state index in [0.717, 1.165) is 0 Å². The molecule has 14 heavy (non-hydrogen) atoms. The van der Waals surface area contributed by atoms with E-state index in [1.807, 2.05) is 18.2 Å². The van der Waals surface area contributed by atoms with Crippen LogP contribution in [0.4, 0.5) is 0 Å². The van der Waals surface area contributed by atoms with Gasteiger partial charge in [0.1, 0.15) is 0 Å². The first-order valence-corrected chi connectivity index (χ1v) is 5.47. The predicted octanol–water partition coefficient (Wildman–Crippen LogP) is 1.24. The second-order valence-electron chi connectivity index (χ2n) is 3.42. The Labute approximate surface area is 87.4 Å². The molecule has 1 saturated heterocycles. The fraction of sp³-hybridized carbons (Fsp3) is 0.500. The number of fused-ring (bicyclic) bond motifs is 1. The molecule has 1 fully saturated rings. The molecule has 0 aromatic rings. The maximum atomic E-state index is 11.5. The second-order valence-corrected chi connectivity index (χ2v) is 4.74. The highest BCUT2D eigenvalue weighted by Crippen LogP contribution is 2.44. The summed E-state index contributed by atoms with van der Waals surface area (Å²) in [7, 11) is 1.38. The summed E-state index contributed by atoms with van der Waals surface area (Å²) in [5.41, 5.74) is 7.81. The van der Waals surface area contributed by atoms with E-state index in [1.165, 1.54) is 18.9 Å². The van der Waals surface area contributed by atoms with Crippen molar-refractivity contribution in [3.63, 3.8) is 0 Å². The zero-order chi connectivity index (χ0) is 10.1. The molecule has 0 saturated carbocycles. The van der Waals surface area contributed by atoms with E-state index in [2.05, 4.69) is 6.08 Å². The molecule has 1 N–H and O–H groups in total. The molecule has 0 spiro atoms. The van der Waals surface area contributed by atoms with Crippen LogP contribution in [0, 0.1) is 11.8 Å². The molecule has 0 bridgehead atoms. The van der Waals surface area contributed by atoms with Crippen molar-refractivity contribution < 1.29 is 9.53 Å². The molecule has 0 amide bonds. The standard InChI is InChI=1S/C10H12NO2S/c1-13-10(12)8-6-4-2-3-5-7(6)14-9(8)11/h2-9,11H,1H3. The summed E-state index contributed by atoms with van der Waals surface area (Å²) in [5, 5.41) is -0.128. The number of nitrogens with one attached hydrogen (secondary N) is 1. The molecule has 0 aromatic heterocycles. The van der Waals surface area contributed by atoms with Gasteiger partial charge in [0.25, 0.3) is 0 Å². The van der Waals surface area contributed by atoms with Crippen molar-refractivity contribution in [1.82, 2.24) is 5.73 Å². The van der Waals surface area contributed by atoms with Crippen molar-refractivity contribution >= 4 is 17.7 Å². The van der Waals surface area contributed by atoms with Gasteiger partial charge in [-0.15, -0.1) is 11.8 Å². The Morgan fingerprint density at radius 3 is 2.86 bits per heavy atom. The van der Waals surface area contributed by atoms with Gasteiger partial charge in [-0.05, 0) is 0 Å². The summed E-state index contributed by atoms with van der Waals surface area (Å²) in [6, 6.07) is 0. The number of methoxy groups -OCH3 is 1. The minimum Gasteiger partial charge on any atom is -0.469 e. The summed E-state index contributed by atoms with van der Waals surface area (Å²) < 4.78 is 4.72. The second kappa shape index (κ2) is 3.79. The van der Waals surface area contributed by atoms with Crippen molar-refractivity contribution in [2.45, 2.75) is 10.6 Å². The third kappa shape index (κ3) is 1.48. The first-order valence-electron chi connectivity index (χ1n) is 4.53. The van der Waals surface area contributed by atoms with Crippen molar-refractivity contribution in [2.75, 3.05) is 7.11 Å². The first kappa shape index (κ1) is 9.80. The zero-order valence-corrected chi connectivity index (χ0v) is 8.66. The molecule has 1 heterocycles. The number of rotatable bonds is 1. The lowest BCUT2D eigenvalue weighted by atomic mass is 9.87. The topological polar surface area (TPSA) is 50.1 Å². The number of carbonyl (C=O) groups is 1. The Morgan fingerprint density at radius 2 is 2.14 bits per heavy atom. The van der Waals surface area contributed by atoms with Gasteiger partial charge in [-0.1, -0.05) is 24.3 Å². The van der Waals surface area contributed by atoms with E-state index in [4.69, 9.17) is 10.5 Å². The highest BCUT2D eigenvalue weighted by molar-refractivity contribution is 8.00. The number of esters is 1. The van der Waals surface area contributed by atoms with Crippen molar-refractivity contribution in [3.05, 3.63) is 24.3 Å². The number of carbonyl (C=O) groups excluding carboxylic acids is 1. The first-order chi connectivity index (χ1) is 6.74. The van der Waals surface area contributed by atoms with Crippen molar-refractivity contribution in [2.24, 2.45) is 11.8 Å². The molecule has 4 atom stereocenters. The summed E-state index contributed by atoms with van der Waals surface area (Å²) in [4.78, 5) is 11.5. The van der Waals surface area contributed by atoms with Crippen LogP contribution in [0.3, 0.4) is 0 Å². The van der Waals surface area contributed by atoms with Crippen LogP contribution < -0.4 is 5.73 Å². The molecule has 3 nitrogen and oxygen atoms in total. The molecular formula is C10H12NO2S. The normalized spacial score (nSPS) is 39.6. The van der Waals surface area contributed by atoms with E-state index in [-0.39, 0.29) is 23.1 Å². The lowest BCUT2D eigenvalue weighted by Gasteiger charge is -2.19. The summed E-state index contributed by atoms with van der Waals surface area (Å²) in [6.45, 7) is 0. The Hall–Kier alpha value is -0.740. The maximum absolute atomic E-state index is 11.5. The van der Waals surface area contributed by atoms with E-state index < -0.39 is 5.37 Å². The van der Waals surface area contributed by atoms with Crippen LogP contribution in [0.15, 0.2) is 24.3 Å². The van der Waals surface area contributed by atoms with Gasteiger partial charge in [0, 0.05) is 11.2 Å². The highest BCUT2D eigenvalue weighted by atomic mass is 32.2. The fourth-order valence-electron chi connectivity index (χ4n) is 1.94. The Balaban J connectivity index is 2.21. The van der Waals surface area contributed by atoms with E-state index in [0.29, 0.717) is 0 Å². The van der Waals surface area contributed by atoms with Crippen LogP contribution in [0.1, 0.15) is 0 Å². The van der Waals surface area contributed by atoms with Crippen LogP contribution >= 0.6 is 11.8 Å². The van der Waals surface area contributed by atoms with Gasteiger partial charge in [0.2, 0.25) is 0 Å². The monoisotopic (exact) mass is 210 g/mol. The molecular weight excluding hydrogens is 198 g/mol. The highest BCUT2D eigenvalue weighted by Gasteiger charge is 2.45. The average Bonchev–Trinajstić information content (AvgIpc) is 2.53. The number of ether oxygens (including phenoxy) is 1. The number of hydrogen-bond acceptors (Lipinski definition) is 3. The largest absolute Gasteiger partial charge is 0.469 e. The predicted molar refractivity (Wildman–Crippen MR) is 55.5 cm³/mol. The third-order valence-electron chi connectivity index (χ3n) is 2.64. The summed E-state index contributed by atoms with van der Waals surface area (Å²) in [6.07, 6.45) is 7.98. The number of hydrogen-bond donors (Lipinski definition) is 0. The smallest absolute Gasteiger partial charge is 0.311 e. The minimum atomic E-state index is -0.398. The van der Waals surface area contributed by atoms with E-state index >= 15 is 0 Å². The molecule has 1 aliphatic carbocycles. The van der Waals surface area contributed by atoms with Crippen LogP contribution in [0.25, 0.3) is 0 Å². The minimum absolute atomic E-state index is 0.139. The van der Waals surface area contributed by atoms with Gasteiger partial charge in [0.05, 0.1) is 18.4 Å². The Bertz CT molecular complexity index is 300. The molecule has 4 unspecified atom stereocenters. The van der Waals surface area contributed by atoms with Gasteiger partial charge in [-0.25, -0.2) is 5.73 Å². The van der Waals surface area contributed by atoms with E-state index in [1.54, 1.807) is 0 Å². The van der Waals surface area contributed by atoms with Crippen LogP contribution in [-0.4, -0.2) is 23.7 Å². The van der Waals surface area contributed by atoms with E-state index in [9.17, 15) is 4.79 Å². The number of allylic oxidation sites excluding steroid dienone is 3. The third-order valence-corrected chi connectivity index (χ3v) is 4.01. The van der Waals surface area contributed by atoms with Crippen molar-refractivity contribution in [1.29, 1.82) is 0 Å². The van der Waals surface area contributed by atoms with Gasteiger partial charge >= 0.3 is 5.97 Å². The molecule has 0 aromatic carbocycles. The SMILES string of the molecule is COC(=O)C1C([NH])SC2C=CC=CC21. The van der Waals surface area contributed by atoms with Crippen LogP contribution in [-0.2, 0) is 9.53 Å². The molecule has 1 radical (unpaired) electrons. The van der Waals surface area contributed by atoms with Crippen LogP contribution in [0.2, 0.25) is 0 Å². The Kier molecular flexibility index (Phi) is 2.65. The Morgan fingerprint density at radius 1 is 1.43 bits per heavy atom. The molecule has 1 aliphatic heterocycles. The molecule has 2 aliphatic rings. The quantitative estimate of drug-likeness (QED) is 0.612. The molecule has 4 heteroatoms. The maximum Gasteiger partial charge on any atom is 0.311 e. The molecule has 75 valence electrons. The van der Waals surface area contributed by atoms with Crippen molar-refractivity contribution in [3.8, 4) is 0 Å². The summed E-state index contributed by atoms with van der Waals surface area (Å²) in [5.74, 6) is -0.430. The van der Waals surface area contributed by atoms with Gasteiger partial charge < -0.3 is 4.74 Å². The lowest BCUT2D eigenvalue weighted by molar-refractivity contribution is -0.146. The average molecular weight is 210 g/mol. The summed E-state index contributed by atoms with van der Waals surface area (Å²) >= 11 is 1.53. The van der Waals surface area contributed by atoms with Gasteiger partial charge in [-0.3, -0.25) is 4.79 Å². The number of thioether (sulfide) groups is 1. The van der Waals surface area contributed by atoms with Crippen LogP contribution in [0.5, 0.6) is 0 Å². The fourth-order valence-corrected chi connectivity index (χ4v) is 3.36.